The molecule has 0 unspecified atom stereocenters. The van der Waals surface area contributed by atoms with Gasteiger partial charge < -0.3 is 19.4 Å². The zero-order valence-electron chi connectivity index (χ0n) is 14.5. The number of H-pyrrole nitrogens is 1. The Bertz CT molecular complexity index is 1250. The predicted molar refractivity (Wildman–Crippen MR) is 109 cm³/mol. The standard InChI is InChI=1S/C19H13BrClN3O4/c1-2-27-15-8-10(7-13(21)16(15)25)19-23-17(24-28-19)12-6-9-5-11(20)3-4-14(9)22-18(12)26/h3-8,25H,2H2,1H3,(H,22,26). The summed E-state index contributed by atoms with van der Waals surface area (Å²) in [7, 11) is 0. The quantitative estimate of drug-likeness (QED) is 0.453. The second-order valence-electron chi connectivity index (χ2n) is 5.90. The maximum atomic E-state index is 12.4. The number of phenolic OH excluding ortho intramolecular Hbond substituents is 1. The van der Waals surface area contributed by atoms with Crippen LogP contribution in [0, 0.1) is 0 Å². The Morgan fingerprint density at radius 3 is 2.89 bits per heavy atom. The van der Waals surface area contributed by atoms with Gasteiger partial charge in [0.1, 0.15) is 0 Å². The van der Waals surface area contributed by atoms with E-state index in [9.17, 15) is 9.90 Å². The van der Waals surface area contributed by atoms with E-state index in [0.717, 1.165) is 9.86 Å². The second-order valence-corrected chi connectivity index (χ2v) is 7.23. The highest BCUT2D eigenvalue weighted by molar-refractivity contribution is 9.10. The van der Waals surface area contributed by atoms with Crippen LogP contribution in [0.4, 0.5) is 0 Å². The van der Waals surface area contributed by atoms with Gasteiger partial charge in [-0.1, -0.05) is 32.7 Å². The average Bonchev–Trinajstić information content (AvgIpc) is 3.15. The van der Waals surface area contributed by atoms with Gasteiger partial charge in [0.05, 0.1) is 17.2 Å². The first-order valence-corrected chi connectivity index (χ1v) is 9.45. The lowest BCUT2D eigenvalue weighted by atomic mass is 10.1. The van der Waals surface area contributed by atoms with E-state index in [4.69, 9.17) is 20.9 Å². The maximum Gasteiger partial charge on any atom is 0.259 e. The van der Waals surface area contributed by atoms with Gasteiger partial charge in [0, 0.05) is 20.9 Å². The van der Waals surface area contributed by atoms with Crippen molar-refractivity contribution < 1.29 is 14.4 Å². The Balaban J connectivity index is 1.79. The van der Waals surface area contributed by atoms with Crippen LogP contribution >= 0.6 is 27.5 Å². The van der Waals surface area contributed by atoms with Crippen LogP contribution in [-0.2, 0) is 0 Å². The van der Waals surface area contributed by atoms with Crippen LogP contribution in [0.25, 0.3) is 33.7 Å². The van der Waals surface area contributed by atoms with Gasteiger partial charge in [-0.3, -0.25) is 4.79 Å². The summed E-state index contributed by atoms with van der Waals surface area (Å²) >= 11 is 9.47. The lowest BCUT2D eigenvalue weighted by Gasteiger charge is -2.08. The van der Waals surface area contributed by atoms with E-state index in [1.165, 1.54) is 6.07 Å². The molecule has 0 aliphatic heterocycles. The third-order valence-corrected chi connectivity index (χ3v) is 4.83. The molecular weight excluding hydrogens is 450 g/mol. The van der Waals surface area contributed by atoms with Gasteiger partial charge in [0.15, 0.2) is 11.5 Å². The summed E-state index contributed by atoms with van der Waals surface area (Å²) in [4.78, 5) is 19.6. The number of hydrogen-bond donors (Lipinski definition) is 2. The number of phenols is 1. The fraction of sp³-hybridized carbons (Fsp3) is 0.105. The van der Waals surface area contributed by atoms with Gasteiger partial charge in [0.2, 0.25) is 5.82 Å². The molecule has 4 aromatic rings. The largest absolute Gasteiger partial charge is 0.503 e. The fourth-order valence-corrected chi connectivity index (χ4v) is 3.35. The fourth-order valence-electron chi connectivity index (χ4n) is 2.76. The highest BCUT2D eigenvalue weighted by atomic mass is 79.9. The number of ether oxygens (including phenoxy) is 1. The first-order chi connectivity index (χ1) is 13.5. The Kier molecular flexibility index (Phi) is 4.82. The van der Waals surface area contributed by atoms with E-state index in [-0.39, 0.29) is 39.4 Å². The molecule has 0 atom stereocenters. The number of nitrogens with one attached hydrogen (secondary N) is 1. The number of rotatable bonds is 4. The van der Waals surface area contributed by atoms with Gasteiger partial charge in [-0.05, 0) is 43.3 Å². The lowest BCUT2D eigenvalue weighted by molar-refractivity contribution is 0.318. The Morgan fingerprint density at radius 1 is 1.29 bits per heavy atom. The van der Waals surface area contributed by atoms with E-state index in [1.807, 2.05) is 12.1 Å². The Labute approximate surface area is 172 Å². The molecule has 0 saturated carbocycles. The highest BCUT2D eigenvalue weighted by Gasteiger charge is 2.18. The molecule has 28 heavy (non-hydrogen) atoms. The molecule has 0 saturated heterocycles. The minimum Gasteiger partial charge on any atom is -0.503 e. The molecule has 9 heteroatoms. The molecule has 4 rings (SSSR count). The van der Waals surface area contributed by atoms with E-state index >= 15 is 0 Å². The average molecular weight is 463 g/mol. The van der Waals surface area contributed by atoms with E-state index in [0.29, 0.717) is 17.7 Å². The van der Waals surface area contributed by atoms with Crippen molar-refractivity contribution in [1.82, 2.24) is 15.1 Å². The molecule has 142 valence electrons. The number of fused-ring (bicyclic) bond motifs is 1. The molecule has 0 amide bonds. The van der Waals surface area contributed by atoms with Crippen molar-refractivity contribution in [2.45, 2.75) is 6.92 Å². The van der Waals surface area contributed by atoms with Gasteiger partial charge in [-0.2, -0.15) is 4.98 Å². The molecule has 7 nitrogen and oxygen atoms in total. The van der Waals surface area contributed by atoms with Crippen LogP contribution in [0.1, 0.15) is 6.92 Å². The van der Waals surface area contributed by atoms with Gasteiger partial charge >= 0.3 is 0 Å². The van der Waals surface area contributed by atoms with Crippen molar-refractivity contribution in [2.75, 3.05) is 6.61 Å². The van der Waals surface area contributed by atoms with Gasteiger partial charge in [0.25, 0.3) is 11.4 Å². The number of aromatic amines is 1. The summed E-state index contributed by atoms with van der Waals surface area (Å²) in [6.45, 7) is 2.14. The molecule has 0 fully saturated rings. The summed E-state index contributed by atoms with van der Waals surface area (Å²) < 4.78 is 11.6. The van der Waals surface area contributed by atoms with E-state index in [1.54, 1.807) is 25.1 Å². The van der Waals surface area contributed by atoms with Crippen LogP contribution in [0.3, 0.4) is 0 Å². The highest BCUT2D eigenvalue weighted by Crippen LogP contribution is 2.38. The van der Waals surface area contributed by atoms with Crippen LogP contribution in [0.2, 0.25) is 5.02 Å². The molecular formula is C19H13BrClN3O4. The molecule has 0 aliphatic rings. The normalized spacial score (nSPS) is 11.1. The van der Waals surface area contributed by atoms with Crippen LogP contribution in [0.15, 0.2) is 50.2 Å². The summed E-state index contributed by atoms with van der Waals surface area (Å²) in [6, 6.07) is 10.3. The topological polar surface area (TPSA) is 101 Å². The van der Waals surface area contributed by atoms with E-state index < -0.39 is 0 Å². The zero-order chi connectivity index (χ0) is 19.8. The molecule has 0 spiro atoms. The molecule has 0 aliphatic carbocycles. The van der Waals surface area contributed by atoms with Crippen molar-refractivity contribution in [3.8, 4) is 34.3 Å². The lowest BCUT2D eigenvalue weighted by Crippen LogP contribution is -2.09. The van der Waals surface area contributed by atoms with Crippen LogP contribution in [0.5, 0.6) is 11.5 Å². The monoisotopic (exact) mass is 461 g/mol. The van der Waals surface area contributed by atoms with Crippen LogP contribution < -0.4 is 10.3 Å². The number of hydrogen-bond acceptors (Lipinski definition) is 6. The smallest absolute Gasteiger partial charge is 0.259 e. The summed E-state index contributed by atoms with van der Waals surface area (Å²) in [5.41, 5.74) is 1.11. The number of nitrogens with zero attached hydrogens (tertiary/aromatic N) is 2. The third-order valence-electron chi connectivity index (χ3n) is 4.05. The predicted octanol–water partition coefficient (Wildman–Crippen LogP) is 4.77. The zero-order valence-corrected chi connectivity index (χ0v) is 16.8. The second kappa shape index (κ2) is 7.29. The van der Waals surface area contributed by atoms with Crippen molar-refractivity contribution in [1.29, 1.82) is 0 Å². The summed E-state index contributed by atoms with van der Waals surface area (Å²) in [5.74, 6) is 0.327. The molecule has 2 N–H and O–H groups in total. The third kappa shape index (κ3) is 3.36. The van der Waals surface area contributed by atoms with Gasteiger partial charge in [-0.15, -0.1) is 0 Å². The summed E-state index contributed by atoms with van der Waals surface area (Å²) in [6.07, 6.45) is 0. The Morgan fingerprint density at radius 2 is 2.11 bits per heavy atom. The number of aromatic hydroxyl groups is 1. The first-order valence-electron chi connectivity index (χ1n) is 8.28. The number of pyridine rings is 1. The van der Waals surface area contributed by atoms with Crippen LogP contribution in [-0.4, -0.2) is 26.8 Å². The molecule has 0 radical (unpaired) electrons. The van der Waals surface area contributed by atoms with Crippen molar-refractivity contribution >= 4 is 38.4 Å². The van der Waals surface area contributed by atoms with Crippen molar-refractivity contribution in [3.05, 3.63) is 56.2 Å². The first kappa shape index (κ1) is 18.5. The number of halogens is 2. The molecule has 0 bridgehead atoms. The summed E-state index contributed by atoms with van der Waals surface area (Å²) in [5, 5.41) is 14.8. The molecule has 2 heterocycles. The maximum absolute atomic E-state index is 12.4. The Hall–Kier alpha value is -2.84. The minimum atomic E-state index is -0.332. The van der Waals surface area contributed by atoms with Gasteiger partial charge in [-0.25, -0.2) is 0 Å². The molecule has 2 aromatic heterocycles. The van der Waals surface area contributed by atoms with E-state index in [2.05, 4.69) is 31.1 Å². The molecule has 2 aromatic carbocycles. The van der Waals surface area contributed by atoms with Crippen molar-refractivity contribution in [3.63, 3.8) is 0 Å². The van der Waals surface area contributed by atoms with Crippen molar-refractivity contribution in [2.24, 2.45) is 0 Å². The minimum absolute atomic E-state index is 0.0918. The number of benzene rings is 2. The number of aromatic nitrogens is 3. The SMILES string of the molecule is CCOc1cc(-c2nc(-c3cc4cc(Br)ccc4[nH]c3=O)no2)cc(Cl)c1O.